The summed E-state index contributed by atoms with van der Waals surface area (Å²) in [6, 6.07) is 4.86. The van der Waals surface area contributed by atoms with E-state index in [0.717, 1.165) is 0 Å². The minimum Gasteiger partial charge on any atom is -0.496 e. The molecule has 39 heavy (non-hydrogen) atoms. The van der Waals surface area contributed by atoms with E-state index in [1.165, 1.54) is 13.2 Å². The molecular formula is C23H24F6N4O6. The van der Waals surface area contributed by atoms with Crippen LogP contribution in [0.2, 0.25) is 0 Å². The average Bonchev–Trinajstić information content (AvgIpc) is 3.46. The van der Waals surface area contributed by atoms with Crippen LogP contribution in [0.5, 0.6) is 5.75 Å². The number of halogens is 6. The van der Waals surface area contributed by atoms with E-state index in [1.807, 2.05) is 0 Å². The van der Waals surface area contributed by atoms with Crippen molar-refractivity contribution < 1.29 is 55.0 Å². The number of ether oxygens (including phenoxy) is 2. The van der Waals surface area contributed by atoms with E-state index in [0.29, 0.717) is 16.7 Å². The van der Waals surface area contributed by atoms with Gasteiger partial charge in [0.15, 0.2) is 5.78 Å². The number of alkyl halides is 6. The first-order chi connectivity index (χ1) is 18.2. The first-order valence-corrected chi connectivity index (χ1v) is 11.5. The maximum absolute atomic E-state index is 12.8. The minimum atomic E-state index is -5.83. The Hall–Kier alpha value is -3.82. The fraction of sp³-hybridized carbons (Fsp3) is 0.478. The van der Waals surface area contributed by atoms with Crippen LogP contribution >= 0.6 is 0 Å². The Morgan fingerprint density at radius 2 is 1.82 bits per heavy atom. The third kappa shape index (κ3) is 7.61. The van der Waals surface area contributed by atoms with Gasteiger partial charge in [0.2, 0.25) is 17.9 Å². The molecule has 1 unspecified atom stereocenters. The van der Waals surface area contributed by atoms with Crippen LogP contribution in [-0.2, 0) is 19.1 Å². The molecule has 0 spiro atoms. The van der Waals surface area contributed by atoms with Crippen molar-refractivity contribution in [3.63, 3.8) is 0 Å². The molecule has 1 aromatic heterocycles. The van der Waals surface area contributed by atoms with Crippen molar-refractivity contribution in [2.75, 3.05) is 26.8 Å². The number of H-pyrrole nitrogens is 1. The smallest absolute Gasteiger partial charge is 0.423 e. The van der Waals surface area contributed by atoms with Gasteiger partial charge in [-0.3, -0.25) is 19.2 Å². The number of nitrogens with one attached hydrogen (secondary N) is 4. The van der Waals surface area contributed by atoms with Crippen molar-refractivity contribution in [1.29, 1.82) is 0 Å². The maximum Gasteiger partial charge on any atom is 0.423 e. The summed E-state index contributed by atoms with van der Waals surface area (Å²) in [4.78, 5) is 52.3. The Balaban J connectivity index is 1.65. The molecule has 0 saturated carbocycles. The average molecular weight is 566 g/mol. The van der Waals surface area contributed by atoms with Crippen molar-refractivity contribution in [3.8, 4) is 5.75 Å². The highest BCUT2D eigenvalue weighted by Gasteiger charge is 2.58. The molecule has 16 heteroatoms. The van der Waals surface area contributed by atoms with E-state index in [-0.39, 0.29) is 18.7 Å². The van der Waals surface area contributed by atoms with Gasteiger partial charge in [-0.2, -0.15) is 26.3 Å². The number of carbonyl (C=O) groups is 4. The molecule has 2 atom stereocenters. The zero-order valence-corrected chi connectivity index (χ0v) is 20.3. The highest BCUT2D eigenvalue weighted by molar-refractivity contribution is 6.01. The molecule has 1 aliphatic heterocycles. The van der Waals surface area contributed by atoms with Gasteiger partial charge >= 0.3 is 12.4 Å². The van der Waals surface area contributed by atoms with Crippen LogP contribution in [0, 0.1) is 5.92 Å². The summed E-state index contributed by atoms with van der Waals surface area (Å²) in [5.74, 6) is -3.83. The molecule has 214 valence electrons. The number of ketones is 1. The quantitative estimate of drug-likeness (QED) is 0.307. The second-order valence-electron chi connectivity index (χ2n) is 8.66. The molecular weight excluding hydrogens is 542 g/mol. The third-order valence-electron chi connectivity index (χ3n) is 5.89. The summed E-state index contributed by atoms with van der Waals surface area (Å²) in [6.07, 6.45) is -16.0. The standard InChI is InChI=1S/C23H24F6N4O6/c1-38-17-4-2-3-13-12(17)8-15(32-13)20(37)31-9-18(35)33-14(7-11-5-6-30-19(11)36)16(34)10-39-21(22(24,25)26)23(27,28)29/h2-4,8,11,14,21,32H,5-7,9-10H2,1H3,(H,30,36)(H,31,37)(H,33,35)/t11?,14-/m0/s1. The molecule has 10 nitrogen and oxygen atoms in total. The minimum absolute atomic E-state index is 0.0660. The van der Waals surface area contributed by atoms with E-state index in [1.54, 1.807) is 18.2 Å². The van der Waals surface area contributed by atoms with E-state index in [4.69, 9.17) is 4.74 Å². The Bertz CT molecular complexity index is 1210. The molecule has 0 radical (unpaired) electrons. The van der Waals surface area contributed by atoms with Gasteiger partial charge in [0.25, 0.3) is 5.91 Å². The predicted octanol–water partition coefficient (Wildman–Crippen LogP) is 2.00. The summed E-state index contributed by atoms with van der Waals surface area (Å²) in [5.41, 5.74) is 0.636. The zero-order valence-electron chi connectivity index (χ0n) is 20.3. The molecule has 1 aromatic carbocycles. The number of methoxy groups -OCH3 is 1. The number of fused-ring (bicyclic) bond motifs is 1. The lowest BCUT2D eigenvalue weighted by molar-refractivity contribution is -0.319. The van der Waals surface area contributed by atoms with Crippen LogP contribution in [0.4, 0.5) is 26.3 Å². The van der Waals surface area contributed by atoms with Gasteiger partial charge in [0.1, 0.15) is 18.1 Å². The van der Waals surface area contributed by atoms with Crippen molar-refractivity contribution in [2.24, 2.45) is 5.92 Å². The van der Waals surface area contributed by atoms with E-state index < -0.39 is 73.5 Å². The number of aromatic nitrogens is 1. The van der Waals surface area contributed by atoms with Crippen LogP contribution in [0.25, 0.3) is 10.9 Å². The molecule has 1 fully saturated rings. The fourth-order valence-electron chi connectivity index (χ4n) is 3.99. The molecule has 1 aliphatic rings. The van der Waals surface area contributed by atoms with E-state index in [2.05, 4.69) is 25.7 Å². The summed E-state index contributed by atoms with van der Waals surface area (Å²) < 4.78 is 85.6. The van der Waals surface area contributed by atoms with Crippen LogP contribution in [0.3, 0.4) is 0 Å². The summed E-state index contributed by atoms with van der Waals surface area (Å²) in [7, 11) is 1.44. The normalized spacial score (nSPS) is 16.7. The summed E-state index contributed by atoms with van der Waals surface area (Å²) in [5, 5.41) is 7.52. The molecule has 3 rings (SSSR count). The van der Waals surface area contributed by atoms with Gasteiger partial charge in [-0.15, -0.1) is 0 Å². The summed E-state index contributed by atoms with van der Waals surface area (Å²) in [6.45, 7) is -2.09. The second kappa shape index (κ2) is 11.9. The lowest BCUT2D eigenvalue weighted by atomic mass is 9.96. The summed E-state index contributed by atoms with van der Waals surface area (Å²) >= 11 is 0. The van der Waals surface area contributed by atoms with Gasteiger partial charge in [-0.25, -0.2) is 0 Å². The van der Waals surface area contributed by atoms with Crippen LogP contribution < -0.4 is 20.7 Å². The zero-order chi connectivity index (χ0) is 29.0. The largest absolute Gasteiger partial charge is 0.496 e. The lowest BCUT2D eigenvalue weighted by Crippen LogP contribution is -2.50. The van der Waals surface area contributed by atoms with Crippen LogP contribution in [-0.4, -0.2) is 79.8 Å². The molecule has 2 heterocycles. The van der Waals surface area contributed by atoms with E-state index in [9.17, 15) is 45.5 Å². The lowest BCUT2D eigenvalue weighted by Gasteiger charge is -2.25. The third-order valence-corrected chi connectivity index (χ3v) is 5.89. The monoisotopic (exact) mass is 566 g/mol. The highest BCUT2D eigenvalue weighted by Crippen LogP contribution is 2.35. The number of aromatic amines is 1. The fourth-order valence-corrected chi connectivity index (χ4v) is 3.99. The number of hydrogen-bond acceptors (Lipinski definition) is 6. The number of carbonyl (C=O) groups excluding carboxylic acids is 4. The van der Waals surface area contributed by atoms with Gasteiger partial charge in [-0.1, -0.05) is 6.07 Å². The molecule has 0 aliphatic carbocycles. The van der Waals surface area contributed by atoms with E-state index >= 15 is 0 Å². The number of Topliss-reactive ketones (excluding diaryl/α,β-unsaturated/α-hetero) is 1. The van der Waals surface area contributed by atoms with Crippen molar-refractivity contribution in [2.45, 2.75) is 37.3 Å². The Morgan fingerprint density at radius 1 is 1.13 bits per heavy atom. The SMILES string of the molecule is COc1cccc2[nH]c(C(=O)NCC(=O)N[C@@H](CC3CCNC3=O)C(=O)COC(C(F)(F)F)C(F)(F)F)cc12. The van der Waals surface area contributed by atoms with Gasteiger partial charge in [0, 0.05) is 23.4 Å². The van der Waals surface area contributed by atoms with Crippen LogP contribution in [0.1, 0.15) is 23.3 Å². The number of hydrogen-bond donors (Lipinski definition) is 4. The molecule has 1 saturated heterocycles. The number of rotatable bonds is 11. The Kier molecular flexibility index (Phi) is 9.09. The molecule has 0 bridgehead atoms. The highest BCUT2D eigenvalue weighted by atomic mass is 19.4. The van der Waals surface area contributed by atoms with Gasteiger partial charge in [-0.05, 0) is 31.0 Å². The number of benzene rings is 1. The van der Waals surface area contributed by atoms with Crippen molar-refractivity contribution in [3.05, 3.63) is 30.0 Å². The molecule has 3 amide bonds. The first kappa shape index (κ1) is 29.7. The second-order valence-corrected chi connectivity index (χ2v) is 8.66. The topological polar surface area (TPSA) is 139 Å². The number of amides is 3. The van der Waals surface area contributed by atoms with Gasteiger partial charge in [0.05, 0.1) is 19.7 Å². The van der Waals surface area contributed by atoms with Crippen LogP contribution in [0.15, 0.2) is 24.3 Å². The van der Waals surface area contributed by atoms with Crippen molar-refractivity contribution >= 4 is 34.4 Å². The first-order valence-electron chi connectivity index (χ1n) is 11.5. The Labute approximate surface area is 216 Å². The molecule has 4 N–H and O–H groups in total. The molecule has 2 aromatic rings. The Morgan fingerprint density at radius 3 is 2.41 bits per heavy atom. The predicted molar refractivity (Wildman–Crippen MR) is 122 cm³/mol. The maximum atomic E-state index is 12.8. The van der Waals surface area contributed by atoms with Crippen molar-refractivity contribution in [1.82, 2.24) is 20.9 Å². The van der Waals surface area contributed by atoms with Gasteiger partial charge < -0.3 is 30.4 Å².